The molecule has 0 saturated carbocycles. The molecular weight excluding hydrogens is 222 g/mol. The molecule has 0 amide bonds. The molecule has 0 fully saturated rings. The fourth-order valence-electron chi connectivity index (χ4n) is 1.52. The zero-order valence-corrected chi connectivity index (χ0v) is 10.6. The largest absolute Gasteiger partial charge is 0.324 e. The average Bonchev–Trinajstić information content (AvgIpc) is 2.37. The third-order valence-corrected chi connectivity index (χ3v) is 2.28. The summed E-state index contributed by atoms with van der Waals surface area (Å²) in [5.74, 6) is 6.62. The second-order valence-electron chi connectivity index (χ2n) is 3.86. The maximum atomic E-state index is 4.37. The lowest BCUT2D eigenvalue weighted by molar-refractivity contribution is 1.09. The Bertz CT molecular complexity index is 580. The lowest BCUT2D eigenvalue weighted by atomic mass is 10.3. The van der Waals surface area contributed by atoms with Crippen LogP contribution >= 0.6 is 0 Å². The van der Waals surface area contributed by atoms with Gasteiger partial charge in [-0.25, -0.2) is 9.97 Å². The molecule has 0 bridgehead atoms. The van der Waals surface area contributed by atoms with E-state index in [4.69, 9.17) is 0 Å². The Morgan fingerprint density at radius 3 is 2.67 bits per heavy atom. The number of para-hydroxylation sites is 1. The molecule has 1 heterocycles. The fraction of sp³-hybridized carbons (Fsp3) is 0.200. The summed E-state index contributed by atoms with van der Waals surface area (Å²) in [7, 11) is 0. The number of aryl methyl sites for hydroxylation is 1. The van der Waals surface area contributed by atoms with Crippen molar-refractivity contribution in [1.82, 2.24) is 9.97 Å². The number of nitrogens with zero attached hydrogens (tertiary/aromatic N) is 2. The number of nitrogens with one attached hydrogen (secondary N) is 1. The van der Waals surface area contributed by atoms with Gasteiger partial charge < -0.3 is 5.32 Å². The minimum atomic E-state index is 0.585. The predicted octanol–water partition coefficient (Wildman–Crippen LogP) is 3.29. The third-order valence-electron chi connectivity index (χ3n) is 2.28. The molecule has 0 atom stereocenters. The topological polar surface area (TPSA) is 37.8 Å². The molecule has 3 heteroatoms. The Morgan fingerprint density at radius 2 is 1.94 bits per heavy atom. The van der Waals surface area contributed by atoms with Gasteiger partial charge in [-0.05, 0) is 31.0 Å². The molecule has 1 N–H and O–H groups in total. The minimum Gasteiger partial charge on any atom is -0.324 e. The zero-order chi connectivity index (χ0) is 12.8. The van der Waals surface area contributed by atoms with Crippen molar-refractivity contribution in [3.05, 3.63) is 47.8 Å². The van der Waals surface area contributed by atoms with E-state index in [-0.39, 0.29) is 0 Å². The predicted molar refractivity (Wildman–Crippen MR) is 73.7 cm³/mol. The smallest absolute Gasteiger partial charge is 0.228 e. The molecular formula is C15H15N3. The van der Waals surface area contributed by atoms with Gasteiger partial charge in [0, 0.05) is 17.8 Å². The maximum Gasteiger partial charge on any atom is 0.228 e. The van der Waals surface area contributed by atoms with E-state index in [1.54, 1.807) is 0 Å². The summed E-state index contributed by atoms with van der Waals surface area (Å²) in [6, 6.07) is 11.7. The molecule has 0 spiro atoms. The van der Waals surface area contributed by atoms with E-state index in [9.17, 15) is 0 Å². The zero-order valence-electron chi connectivity index (χ0n) is 10.6. The Hall–Kier alpha value is -2.34. The van der Waals surface area contributed by atoms with Gasteiger partial charge in [0.05, 0.1) is 0 Å². The number of aromatic nitrogens is 2. The van der Waals surface area contributed by atoms with Gasteiger partial charge in [0.15, 0.2) is 0 Å². The van der Waals surface area contributed by atoms with Crippen LogP contribution in [0.3, 0.4) is 0 Å². The lowest BCUT2D eigenvalue weighted by Crippen LogP contribution is -2.00. The summed E-state index contributed by atoms with van der Waals surface area (Å²) in [6.45, 7) is 3.96. The molecule has 0 unspecified atom stereocenters. The Labute approximate surface area is 107 Å². The van der Waals surface area contributed by atoms with E-state index in [1.165, 1.54) is 0 Å². The van der Waals surface area contributed by atoms with Crippen molar-refractivity contribution in [2.75, 3.05) is 5.32 Å². The molecule has 3 nitrogen and oxygen atoms in total. The number of hydrogen-bond donors (Lipinski definition) is 1. The van der Waals surface area contributed by atoms with E-state index >= 15 is 0 Å². The minimum absolute atomic E-state index is 0.585. The first-order valence-electron chi connectivity index (χ1n) is 5.94. The highest BCUT2D eigenvalue weighted by molar-refractivity contribution is 5.53. The van der Waals surface area contributed by atoms with E-state index in [0.717, 1.165) is 23.5 Å². The normalized spacial score (nSPS) is 9.44. The van der Waals surface area contributed by atoms with Gasteiger partial charge in [-0.2, -0.15) is 0 Å². The molecule has 0 saturated heterocycles. The molecule has 0 aliphatic carbocycles. The van der Waals surface area contributed by atoms with Crippen molar-refractivity contribution in [3.63, 3.8) is 0 Å². The Morgan fingerprint density at radius 1 is 1.17 bits per heavy atom. The van der Waals surface area contributed by atoms with Crippen LogP contribution in [0.1, 0.15) is 24.7 Å². The Balaban J connectivity index is 2.26. The first kappa shape index (κ1) is 12.1. The maximum absolute atomic E-state index is 4.37. The molecule has 1 aromatic carbocycles. The second-order valence-corrected chi connectivity index (χ2v) is 3.86. The van der Waals surface area contributed by atoms with Gasteiger partial charge in [0.2, 0.25) is 5.95 Å². The summed E-state index contributed by atoms with van der Waals surface area (Å²) in [5, 5.41) is 3.17. The van der Waals surface area contributed by atoms with Gasteiger partial charge in [0.25, 0.3) is 0 Å². The van der Waals surface area contributed by atoms with Crippen molar-refractivity contribution < 1.29 is 0 Å². The first-order chi connectivity index (χ1) is 8.78. The van der Waals surface area contributed by atoms with Crippen LogP contribution in [0, 0.1) is 18.8 Å². The highest BCUT2D eigenvalue weighted by Crippen LogP contribution is 2.12. The molecule has 2 aromatic rings. The standard InChI is InChI=1S/C15H15N3/c1-3-4-8-14-11-12(2)16-15(18-14)17-13-9-6-5-7-10-13/h5-7,9-11H,3H2,1-2H3,(H,16,17,18). The second kappa shape index (κ2) is 5.83. The molecule has 2 rings (SSSR count). The molecule has 1 aromatic heterocycles. The summed E-state index contributed by atoms with van der Waals surface area (Å²) in [4.78, 5) is 8.72. The molecule has 18 heavy (non-hydrogen) atoms. The van der Waals surface area contributed by atoms with Crippen LogP contribution in [0.4, 0.5) is 11.6 Å². The highest BCUT2D eigenvalue weighted by Gasteiger charge is 2.00. The molecule has 90 valence electrons. The number of rotatable bonds is 2. The summed E-state index contributed by atoms with van der Waals surface area (Å²) in [5.41, 5.74) is 2.63. The van der Waals surface area contributed by atoms with Gasteiger partial charge in [-0.3, -0.25) is 0 Å². The summed E-state index contributed by atoms with van der Waals surface area (Å²) in [6.07, 6.45) is 0.824. The number of anilines is 2. The quantitative estimate of drug-likeness (QED) is 0.814. The molecule has 0 aliphatic heterocycles. The number of hydrogen-bond acceptors (Lipinski definition) is 3. The van der Waals surface area contributed by atoms with E-state index < -0.39 is 0 Å². The van der Waals surface area contributed by atoms with Gasteiger partial charge in [0.1, 0.15) is 5.69 Å². The van der Waals surface area contributed by atoms with Crippen LogP contribution in [0.5, 0.6) is 0 Å². The molecule has 0 radical (unpaired) electrons. The molecule has 0 aliphatic rings. The van der Waals surface area contributed by atoms with Gasteiger partial charge in [-0.15, -0.1) is 0 Å². The monoisotopic (exact) mass is 237 g/mol. The van der Waals surface area contributed by atoms with E-state index in [0.29, 0.717) is 5.95 Å². The van der Waals surface area contributed by atoms with E-state index in [1.807, 2.05) is 50.2 Å². The summed E-state index contributed by atoms with van der Waals surface area (Å²) < 4.78 is 0. The fourth-order valence-corrected chi connectivity index (χ4v) is 1.52. The van der Waals surface area contributed by atoms with Crippen LogP contribution < -0.4 is 5.32 Å². The van der Waals surface area contributed by atoms with Gasteiger partial charge in [-0.1, -0.05) is 31.0 Å². The van der Waals surface area contributed by atoms with Crippen molar-refractivity contribution in [3.8, 4) is 11.8 Å². The first-order valence-corrected chi connectivity index (χ1v) is 5.94. The number of benzene rings is 1. The SMILES string of the molecule is CCC#Cc1cc(C)nc(Nc2ccccc2)n1. The third kappa shape index (κ3) is 3.33. The van der Waals surface area contributed by atoms with Crippen molar-refractivity contribution in [2.45, 2.75) is 20.3 Å². The highest BCUT2D eigenvalue weighted by atomic mass is 15.1. The Kier molecular flexibility index (Phi) is 3.93. The van der Waals surface area contributed by atoms with Crippen LogP contribution in [0.15, 0.2) is 36.4 Å². The summed E-state index contributed by atoms with van der Waals surface area (Å²) >= 11 is 0. The average molecular weight is 237 g/mol. The van der Waals surface area contributed by atoms with Crippen molar-refractivity contribution in [2.24, 2.45) is 0 Å². The van der Waals surface area contributed by atoms with Crippen molar-refractivity contribution >= 4 is 11.6 Å². The lowest BCUT2D eigenvalue weighted by Gasteiger charge is -2.05. The van der Waals surface area contributed by atoms with E-state index in [2.05, 4.69) is 27.1 Å². The van der Waals surface area contributed by atoms with Crippen LogP contribution in [-0.2, 0) is 0 Å². The van der Waals surface area contributed by atoms with Crippen molar-refractivity contribution in [1.29, 1.82) is 0 Å². The van der Waals surface area contributed by atoms with Gasteiger partial charge >= 0.3 is 0 Å². The van der Waals surface area contributed by atoms with Crippen LogP contribution in [-0.4, -0.2) is 9.97 Å². The van der Waals surface area contributed by atoms with Crippen LogP contribution in [0.25, 0.3) is 0 Å². The van der Waals surface area contributed by atoms with Crippen LogP contribution in [0.2, 0.25) is 0 Å².